The Kier molecular flexibility index (Phi) is 5.65. The standard InChI is InChI=1S/C25H27N3OS/c29-24(18-27-14-10-20(11-15-27)19-6-2-1-3-7-19)28-16-12-21(13-17-28)25-26-22-8-4-5-9-23(22)30-25/h1-10,21H,11-18H2/p+1. The van der Waals surface area contributed by atoms with Crippen LogP contribution in [0.1, 0.15) is 35.8 Å². The van der Waals surface area contributed by atoms with E-state index in [9.17, 15) is 4.79 Å². The number of rotatable bonds is 4. The lowest BCUT2D eigenvalue weighted by molar-refractivity contribution is -0.887. The summed E-state index contributed by atoms with van der Waals surface area (Å²) in [5, 5.41) is 1.24. The molecule has 2 aliphatic heterocycles. The number of likely N-dealkylation sites (tertiary alicyclic amines) is 1. The Hall–Kier alpha value is -2.50. The number of hydrogen-bond acceptors (Lipinski definition) is 3. The van der Waals surface area contributed by atoms with Crippen LogP contribution in [0, 0.1) is 0 Å². The zero-order valence-corrected chi connectivity index (χ0v) is 18.0. The summed E-state index contributed by atoms with van der Waals surface area (Å²) >= 11 is 1.82. The Balaban J connectivity index is 1.13. The lowest BCUT2D eigenvalue weighted by atomic mass is 9.97. The fourth-order valence-electron chi connectivity index (χ4n) is 4.62. The Bertz CT molecular complexity index is 1020. The molecule has 2 aromatic carbocycles. The van der Waals surface area contributed by atoms with Crippen molar-refractivity contribution in [2.75, 3.05) is 32.7 Å². The number of quaternary nitrogens is 1. The first-order valence-corrected chi connectivity index (χ1v) is 11.8. The molecule has 1 N–H and O–H groups in total. The molecule has 30 heavy (non-hydrogen) atoms. The fourth-order valence-corrected chi connectivity index (χ4v) is 5.76. The second-order valence-corrected chi connectivity index (χ2v) is 9.46. The van der Waals surface area contributed by atoms with Crippen molar-refractivity contribution < 1.29 is 9.69 Å². The van der Waals surface area contributed by atoms with Crippen LogP contribution in [0.5, 0.6) is 0 Å². The molecule has 3 aromatic rings. The highest BCUT2D eigenvalue weighted by atomic mass is 32.1. The van der Waals surface area contributed by atoms with Crippen LogP contribution in [-0.4, -0.2) is 48.5 Å². The predicted molar refractivity (Wildman–Crippen MR) is 123 cm³/mol. The minimum atomic E-state index is 0.310. The molecule has 154 valence electrons. The number of nitrogens with zero attached hydrogens (tertiary/aromatic N) is 2. The maximum atomic E-state index is 12.9. The highest BCUT2D eigenvalue weighted by Gasteiger charge is 2.28. The molecule has 1 amide bonds. The molecule has 1 aromatic heterocycles. The Labute approximate surface area is 181 Å². The van der Waals surface area contributed by atoms with E-state index in [-0.39, 0.29) is 0 Å². The number of amides is 1. The zero-order valence-electron chi connectivity index (χ0n) is 17.2. The third-order valence-corrected chi connectivity index (χ3v) is 7.64. The molecule has 0 spiro atoms. The van der Waals surface area contributed by atoms with Gasteiger partial charge in [0.2, 0.25) is 0 Å². The Morgan fingerprint density at radius 2 is 1.83 bits per heavy atom. The quantitative estimate of drug-likeness (QED) is 0.705. The van der Waals surface area contributed by atoms with Crippen LogP contribution in [0.2, 0.25) is 0 Å². The van der Waals surface area contributed by atoms with Crippen LogP contribution in [0.3, 0.4) is 0 Å². The summed E-state index contributed by atoms with van der Waals surface area (Å²) in [6.45, 7) is 4.31. The van der Waals surface area contributed by atoms with Crippen molar-refractivity contribution in [2.45, 2.75) is 25.2 Å². The SMILES string of the molecule is O=C(C[NH+]1CC=C(c2ccccc2)CC1)N1CCC(c2nc3ccccc3s2)CC1. The maximum Gasteiger partial charge on any atom is 0.277 e. The largest absolute Gasteiger partial charge is 0.338 e. The van der Waals surface area contributed by atoms with Crippen molar-refractivity contribution >= 4 is 33.0 Å². The third-order valence-electron chi connectivity index (χ3n) is 6.44. The van der Waals surface area contributed by atoms with E-state index in [1.165, 1.54) is 25.7 Å². The molecular formula is C25H28N3OS+. The van der Waals surface area contributed by atoms with E-state index in [2.05, 4.69) is 59.5 Å². The average Bonchev–Trinajstić information content (AvgIpc) is 3.25. The summed E-state index contributed by atoms with van der Waals surface area (Å²) in [7, 11) is 0. The van der Waals surface area contributed by atoms with Gasteiger partial charge in [0.1, 0.15) is 0 Å². The molecule has 3 heterocycles. The highest BCUT2D eigenvalue weighted by Crippen LogP contribution is 2.33. The van der Waals surface area contributed by atoms with Gasteiger partial charge in [-0.2, -0.15) is 0 Å². The molecule has 0 aliphatic carbocycles. The van der Waals surface area contributed by atoms with E-state index in [4.69, 9.17) is 4.98 Å². The van der Waals surface area contributed by atoms with Gasteiger partial charge in [-0.3, -0.25) is 4.79 Å². The van der Waals surface area contributed by atoms with Crippen LogP contribution in [0.15, 0.2) is 60.7 Å². The second-order valence-electron chi connectivity index (χ2n) is 8.40. The molecule has 1 unspecified atom stereocenters. The third kappa shape index (κ3) is 4.18. The molecule has 1 atom stereocenters. The number of hydrogen-bond donors (Lipinski definition) is 1. The van der Waals surface area contributed by atoms with Crippen LogP contribution in [-0.2, 0) is 4.79 Å². The van der Waals surface area contributed by atoms with Crippen LogP contribution < -0.4 is 4.90 Å². The second kappa shape index (κ2) is 8.70. The van der Waals surface area contributed by atoms with E-state index < -0.39 is 0 Å². The van der Waals surface area contributed by atoms with E-state index in [1.54, 1.807) is 0 Å². The molecule has 0 radical (unpaired) electrons. The van der Waals surface area contributed by atoms with Crippen molar-refractivity contribution in [1.29, 1.82) is 0 Å². The molecule has 4 nitrogen and oxygen atoms in total. The number of piperidine rings is 1. The number of aromatic nitrogens is 1. The highest BCUT2D eigenvalue weighted by molar-refractivity contribution is 7.18. The first-order valence-electron chi connectivity index (χ1n) is 11.0. The lowest BCUT2D eigenvalue weighted by Crippen LogP contribution is -3.13. The van der Waals surface area contributed by atoms with Gasteiger partial charge in [0.25, 0.3) is 5.91 Å². The summed E-state index contributed by atoms with van der Waals surface area (Å²) in [4.78, 5) is 21.2. The zero-order chi connectivity index (χ0) is 20.3. The number of nitrogens with one attached hydrogen (secondary N) is 1. The number of carbonyl (C=O) groups is 1. The van der Waals surface area contributed by atoms with Crippen molar-refractivity contribution in [3.63, 3.8) is 0 Å². The van der Waals surface area contributed by atoms with Crippen LogP contribution in [0.25, 0.3) is 15.8 Å². The number of fused-ring (bicyclic) bond motifs is 1. The van der Waals surface area contributed by atoms with E-state index in [0.29, 0.717) is 18.4 Å². The van der Waals surface area contributed by atoms with Crippen LogP contribution in [0.4, 0.5) is 0 Å². The first-order chi connectivity index (χ1) is 14.8. The minimum Gasteiger partial charge on any atom is -0.338 e. The van der Waals surface area contributed by atoms with Gasteiger partial charge < -0.3 is 9.80 Å². The van der Waals surface area contributed by atoms with Crippen LogP contribution >= 0.6 is 11.3 Å². The van der Waals surface area contributed by atoms with E-state index in [0.717, 1.165) is 51.0 Å². The summed E-state index contributed by atoms with van der Waals surface area (Å²) in [5.74, 6) is 0.800. The summed E-state index contributed by atoms with van der Waals surface area (Å²) in [5.41, 5.74) is 3.84. The molecule has 0 saturated carbocycles. The maximum absolute atomic E-state index is 12.9. The molecular weight excluding hydrogens is 390 g/mol. The summed E-state index contributed by atoms with van der Waals surface area (Å²) < 4.78 is 1.27. The number of para-hydroxylation sites is 1. The molecule has 5 heteroatoms. The van der Waals surface area contributed by atoms with E-state index >= 15 is 0 Å². The Morgan fingerprint density at radius 1 is 1.07 bits per heavy atom. The van der Waals surface area contributed by atoms with Gasteiger partial charge in [-0.25, -0.2) is 4.98 Å². The van der Waals surface area contributed by atoms with Gasteiger partial charge in [0.15, 0.2) is 6.54 Å². The summed E-state index contributed by atoms with van der Waals surface area (Å²) in [6, 6.07) is 19.0. The van der Waals surface area contributed by atoms with Gasteiger partial charge in [-0.1, -0.05) is 42.5 Å². The lowest BCUT2D eigenvalue weighted by Gasteiger charge is -2.32. The first kappa shape index (κ1) is 19.5. The van der Waals surface area contributed by atoms with Crippen molar-refractivity contribution in [3.8, 4) is 0 Å². The van der Waals surface area contributed by atoms with Gasteiger partial charge in [0, 0.05) is 25.4 Å². The van der Waals surface area contributed by atoms with Gasteiger partial charge in [-0.05, 0) is 42.2 Å². The summed E-state index contributed by atoms with van der Waals surface area (Å²) in [6.07, 6.45) is 5.42. The normalized spacial score (nSPS) is 20.3. The smallest absolute Gasteiger partial charge is 0.277 e. The minimum absolute atomic E-state index is 0.310. The number of carbonyl (C=O) groups excluding carboxylic acids is 1. The molecule has 1 fully saturated rings. The fraction of sp³-hybridized carbons (Fsp3) is 0.360. The molecule has 5 rings (SSSR count). The van der Waals surface area contributed by atoms with Crippen molar-refractivity contribution in [2.24, 2.45) is 0 Å². The molecule has 2 aliphatic rings. The van der Waals surface area contributed by atoms with Gasteiger partial charge in [-0.15, -0.1) is 11.3 Å². The molecule has 1 saturated heterocycles. The Morgan fingerprint density at radius 3 is 2.57 bits per heavy atom. The monoisotopic (exact) mass is 418 g/mol. The van der Waals surface area contributed by atoms with Gasteiger partial charge >= 0.3 is 0 Å². The van der Waals surface area contributed by atoms with Crippen molar-refractivity contribution in [1.82, 2.24) is 9.88 Å². The topological polar surface area (TPSA) is 37.6 Å². The molecule has 0 bridgehead atoms. The number of benzene rings is 2. The van der Waals surface area contributed by atoms with E-state index in [1.807, 2.05) is 17.4 Å². The predicted octanol–water partition coefficient (Wildman–Crippen LogP) is 3.37. The van der Waals surface area contributed by atoms with Gasteiger partial charge in [0.05, 0.1) is 28.3 Å². The number of thiazole rings is 1. The average molecular weight is 419 g/mol. The van der Waals surface area contributed by atoms with Crippen molar-refractivity contribution in [3.05, 3.63) is 71.2 Å².